The third-order valence-corrected chi connectivity index (χ3v) is 2.54. The quantitative estimate of drug-likeness (QED) is 0.797. The molecule has 1 rings (SSSR count). The number of Topliss-reactive ketones (excluding diaryl/α,β-unsaturated/α-hetero) is 1. The summed E-state index contributed by atoms with van der Waals surface area (Å²) in [5.41, 5.74) is 5.37. The highest BCUT2D eigenvalue weighted by molar-refractivity contribution is 5.97. The van der Waals surface area contributed by atoms with Gasteiger partial charge in [0, 0.05) is 12.0 Å². The first-order chi connectivity index (χ1) is 8.90. The minimum atomic E-state index is -0.915. The number of hydrogen-bond donors (Lipinski definition) is 2. The Morgan fingerprint density at radius 1 is 1.26 bits per heavy atom. The van der Waals surface area contributed by atoms with E-state index >= 15 is 0 Å². The maximum Gasteiger partial charge on any atom is 0.251 e. The highest BCUT2D eigenvalue weighted by atomic mass is 19.1. The Bertz CT molecular complexity index is 485. The second-order valence-corrected chi connectivity index (χ2v) is 4.18. The average Bonchev–Trinajstić information content (AvgIpc) is 2.34. The van der Waals surface area contributed by atoms with Crippen LogP contribution in [-0.2, 0) is 9.59 Å². The zero-order chi connectivity index (χ0) is 14.4. The fraction of sp³-hybridized carbons (Fsp3) is 0.308. The van der Waals surface area contributed by atoms with E-state index in [4.69, 9.17) is 5.73 Å². The van der Waals surface area contributed by atoms with E-state index < -0.39 is 23.7 Å². The molecule has 1 aromatic carbocycles. The van der Waals surface area contributed by atoms with Crippen LogP contribution >= 0.6 is 0 Å². The molecule has 2 amide bonds. The van der Waals surface area contributed by atoms with Crippen molar-refractivity contribution in [2.45, 2.75) is 25.8 Å². The lowest BCUT2D eigenvalue weighted by atomic mass is 10.1. The third-order valence-electron chi connectivity index (χ3n) is 2.54. The zero-order valence-electron chi connectivity index (χ0n) is 10.5. The summed E-state index contributed by atoms with van der Waals surface area (Å²) < 4.78 is 12.7. The maximum absolute atomic E-state index is 12.7. The van der Waals surface area contributed by atoms with Gasteiger partial charge in [0.25, 0.3) is 5.91 Å². The summed E-state index contributed by atoms with van der Waals surface area (Å²) in [6.07, 6.45) is 0.301. The molecule has 0 aromatic heterocycles. The van der Waals surface area contributed by atoms with Gasteiger partial charge in [-0.3, -0.25) is 9.59 Å². The molecular formula is C13H15FN2O3. The summed E-state index contributed by atoms with van der Waals surface area (Å²) in [7, 11) is 0. The molecule has 3 N–H and O–H groups in total. The highest BCUT2D eigenvalue weighted by Gasteiger charge is 2.19. The van der Waals surface area contributed by atoms with Crippen molar-refractivity contribution in [1.29, 1.82) is 0 Å². The number of hydrogen-bond acceptors (Lipinski definition) is 3. The second-order valence-electron chi connectivity index (χ2n) is 4.18. The summed E-state index contributed by atoms with van der Waals surface area (Å²) in [4.78, 5) is 33.8. The number of carbonyl (C=O) groups excluding carboxylic acids is 3. The molecule has 0 aliphatic heterocycles. The molecule has 0 bridgehead atoms. The summed E-state index contributed by atoms with van der Waals surface area (Å²) >= 11 is 0. The van der Waals surface area contributed by atoms with E-state index in [2.05, 4.69) is 5.32 Å². The van der Waals surface area contributed by atoms with E-state index in [0.29, 0.717) is 0 Å². The smallest absolute Gasteiger partial charge is 0.251 e. The standard InChI is InChI=1S/C13H15FN2O3/c1-8(17)2-7-11(12(15)18)16-13(19)9-3-5-10(14)6-4-9/h3-6,11H,2,7H2,1H3,(H2,15,18)(H,16,19)/t11-/m0/s1. The Morgan fingerprint density at radius 3 is 2.32 bits per heavy atom. The molecule has 0 aliphatic rings. The normalized spacial score (nSPS) is 11.7. The minimum absolute atomic E-state index is 0.0951. The molecule has 6 heteroatoms. The van der Waals surface area contributed by atoms with Gasteiger partial charge in [0.1, 0.15) is 17.6 Å². The average molecular weight is 266 g/mol. The number of amides is 2. The molecule has 1 aromatic rings. The van der Waals surface area contributed by atoms with Crippen molar-refractivity contribution in [3.8, 4) is 0 Å². The number of benzene rings is 1. The van der Waals surface area contributed by atoms with Crippen LogP contribution < -0.4 is 11.1 Å². The maximum atomic E-state index is 12.7. The van der Waals surface area contributed by atoms with E-state index in [1.807, 2.05) is 0 Å². The third kappa shape index (κ3) is 4.87. The molecule has 0 saturated carbocycles. The molecule has 0 spiro atoms. The molecule has 0 saturated heterocycles. The summed E-state index contributed by atoms with van der Waals surface area (Å²) in [6.45, 7) is 1.39. The summed E-state index contributed by atoms with van der Waals surface area (Å²) in [5.74, 6) is -1.80. The molecule has 0 unspecified atom stereocenters. The Hall–Kier alpha value is -2.24. The minimum Gasteiger partial charge on any atom is -0.368 e. The van der Waals surface area contributed by atoms with Gasteiger partial charge < -0.3 is 15.8 Å². The monoisotopic (exact) mass is 266 g/mol. The van der Waals surface area contributed by atoms with Gasteiger partial charge in [0.05, 0.1) is 0 Å². The van der Waals surface area contributed by atoms with Crippen molar-refractivity contribution in [3.05, 3.63) is 35.6 Å². The van der Waals surface area contributed by atoms with Crippen LogP contribution in [0.25, 0.3) is 0 Å². The topological polar surface area (TPSA) is 89.3 Å². The van der Waals surface area contributed by atoms with Gasteiger partial charge in [0.2, 0.25) is 5.91 Å². The number of nitrogens with one attached hydrogen (secondary N) is 1. The van der Waals surface area contributed by atoms with E-state index in [-0.39, 0.29) is 24.2 Å². The Morgan fingerprint density at radius 2 is 1.84 bits per heavy atom. The molecule has 0 aliphatic carbocycles. The van der Waals surface area contributed by atoms with Crippen LogP contribution in [0, 0.1) is 5.82 Å². The van der Waals surface area contributed by atoms with Crippen molar-refractivity contribution >= 4 is 17.6 Å². The molecular weight excluding hydrogens is 251 g/mol. The van der Waals surface area contributed by atoms with E-state index in [1.54, 1.807) is 0 Å². The van der Waals surface area contributed by atoms with Crippen molar-refractivity contribution in [3.63, 3.8) is 0 Å². The highest BCUT2D eigenvalue weighted by Crippen LogP contribution is 2.05. The van der Waals surface area contributed by atoms with Crippen molar-refractivity contribution in [2.75, 3.05) is 0 Å². The molecule has 0 heterocycles. The number of halogens is 1. The lowest BCUT2D eigenvalue weighted by Crippen LogP contribution is -2.44. The Labute approximate surface area is 110 Å². The molecule has 1 atom stereocenters. The van der Waals surface area contributed by atoms with Crippen LogP contribution in [0.1, 0.15) is 30.1 Å². The van der Waals surface area contributed by atoms with Crippen LogP contribution in [0.3, 0.4) is 0 Å². The number of primary amides is 1. The summed E-state index contributed by atoms with van der Waals surface area (Å²) in [5, 5.41) is 2.42. The van der Waals surface area contributed by atoms with E-state index in [0.717, 1.165) is 12.1 Å². The van der Waals surface area contributed by atoms with Gasteiger partial charge in [-0.05, 0) is 37.6 Å². The second kappa shape index (κ2) is 6.63. The first-order valence-corrected chi connectivity index (χ1v) is 5.75. The lowest BCUT2D eigenvalue weighted by molar-refractivity contribution is -0.120. The SMILES string of the molecule is CC(=O)CC[C@H](NC(=O)c1ccc(F)cc1)C(N)=O. The van der Waals surface area contributed by atoms with Gasteiger partial charge in [-0.15, -0.1) is 0 Å². The number of nitrogens with two attached hydrogens (primary N) is 1. The van der Waals surface area contributed by atoms with Gasteiger partial charge in [0.15, 0.2) is 0 Å². The first kappa shape index (κ1) is 14.8. The predicted molar refractivity (Wildman–Crippen MR) is 66.8 cm³/mol. The van der Waals surface area contributed by atoms with Crippen LogP contribution in [0.4, 0.5) is 4.39 Å². The first-order valence-electron chi connectivity index (χ1n) is 5.75. The molecule has 5 nitrogen and oxygen atoms in total. The Balaban J connectivity index is 2.68. The molecule has 102 valence electrons. The van der Waals surface area contributed by atoms with Gasteiger partial charge in [-0.2, -0.15) is 0 Å². The largest absolute Gasteiger partial charge is 0.368 e. The molecule has 19 heavy (non-hydrogen) atoms. The van der Waals surface area contributed by atoms with Crippen LogP contribution in [0.5, 0.6) is 0 Å². The van der Waals surface area contributed by atoms with Crippen molar-refractivity contribution < 1.29 is 18.8 Å². The summed E-state index contributed by atoms with van der Waals surface area (Å²) in [6, 6.07) is 3.97. The van der Waals surface area contributed by atoms with Crippen molar-refractivity contribution in [2.24, 2.45) is 5.73 Å². The predicted octanol–water partition coefficient (Wildman–Crippen LogP) is 0.779. The fourth-order valence-electron chi connectivity index (χ4n) is 1.48. The van der Waals surface area contributed by atoms with Crippen LogP contribution in [0.15, 0.2) is 24.3 Å². The van der Waals surface area contributed by atoms with Gasteiger partial charge >= 0.3 is 0 Å². The van der Waals surface area contributed by atoms with Crippen LogP contribution in [0.2, 0.25) is 0 Å². The zero-order valence-corrected chi connectivity index (χ0v) is 10.5. The number of carbonyl (C=O) groups is 3. The lowest BCUT2D eigenvalue weighted by Gasteiger charge is -2.14. The van der Waals surface area contributed by atoms with Crippen molar-refractivity contribution in [1.82, 2.24) is 5.32 Å². The van der Waals surface area contributed by atoms with E-state index in [9.17, 15) is 18.8 Å². The molecule has 0 fully saturated rings. The van der Waals surface area contributed by atoms with Gasteiger partial charge in [-0.1, -0.05) is 0 Å². The number of ketones is 1. The number of rotatable bonds is 6. The van der Waals surface area contributed by atoms with Gasteiger partial charge in [-0.25, -0.2) is 4.39 Å². The Kier molecular flexibility index (Phi) is 5.17. The van der Waals surface area contributed by atoms with Crippen LogP contribution in [-0.4, -0.2) is 23.6 Å². The fourth-order valence-corrected chi connectivity index (χ4v) is 1.48. The molecule has 0 radical (unpaired) electrons. The van der Waals surface area contributed by atoms with E-state index in [1.165, 1.54) is 19.1 Å².